The molecule has 0 aliphatic heterocycles. The third-order valence-electron chi connectivity index (χ3n) is 2.79. The molecule has 0 rings (SSSR count). The van der Waals surface area contributed by atoms with E-state index in [0.29, 0.717) is 0 Å². The van der Waals surface area contributed by atoms with Crippen molar-refractivity contribution in [3.05, 3.63) is 0 Å². The van der Waals surface area contributed by atoms with Crippen LogP contribution in [0.15, 0.2) is 0 Å². The summed E-state index contributed by atoms with van der Waals surface area (Å²) in [5, 5.41) is 0. The molecule has 0 bridgehead atoms. The van der Waals surface area contributed by atoms with Gasteiger partial charge in [-0.25, -0.2) is 0 Å². The van der Waals surface area contributed by atoms with E-state index in [4.69, 9.17) is 0 Å². The SMILES string of the molecule is CCCCCC[Si](F)(F)CCCCCC. The first-order valence-corrected chi connectivity index (χ1v) is 8.67. The molecule has 0 atom stereocenters. The van der Waals surface area contributed by atoms with Gasteiger partial charge in [-0.2, -0.15) is 0 Å². The average molecular weight is 236 g/mol. The highest BCUT2D eigenvalue weighted by Crippen LogP contribution is 2.25. The van der Waals surface area contributed by atoms with Crippen molar-refractivity contribution in [1.82, 2.24) is 0 Å². The Hall–Kier alpha value is 0.0769. The van der Waals surface area contributed by atoms with Crippen LogP contribution in [0.3, 0.4) is 0 Å². The fraction of sp³-hybridized carbons (Fsp3) is 1.00. The molecule has 0 heterocycles. The van der Waals surface area contributed by atoms with Crippen LogP contribution in [0.2, 0.25) is 12.1 Å². The molecule has 0 aromatic carbocycles. The Balaban J connectivity index is 3.40. The molecule has 0 saturated carbocycles. The zero-order valence-corrected chi connectivity index (χ0v) is 11.3. The second-order valence-corrected chi connectivity index (χ2v) is 7.19. The van der Waals surface area contributed by atoms with Crippen molar-refractivity contribution < 1.29 is 8.22 Å². The van der Waals surface area contributed by atoms with Gasteiger partial charge in [-0.3, -0.25) is 8.22 Å². The highest BCUT2D eigenvalue weighted by atomic mass is 28.4. The first kappa shape index (κ1) is 15.1. The summed E-state index contributed by atoms with van der Waals surface area (Å²) in [7, 11) is -3.80. The number of rotatable bonds is 10. The molecule has 0 unspecified atom stereocenters. The highest BCUT2D eigenvalue weighted by molar-refractivity contribution is 6.66. The molecule has 0 spiro atoms. The van der Waals surface area contributed by atoms with E-state index in [9.17, 15) is 8.22 Å². The molecule has 0 saturated heterocycles. The predicted octanol–water partition coefficient (Wildman–Crippen LogP) is 5.53. The van der Waals surface area contributed by atoms with Crippen molar-refractivity contribution >= 4 is 8.74 Å². The van der Waals surface area contributed by atoms with E-state index in [-0.39, 0.29) is 12.1 Å². The van der Waals surface area contributed by atoms with Crippen molar-refractivity contribution in [3.8, 4) is 0 Å². The van der Waals surface area contributed by atoms with Crippen molar-refractivity contribution in [2.75, 3.05) is 0 Å². The maximum atomic E-state index is 13.4. The Morgan fingerprint density at radius 2 is 1.07 bits per heavy atom. The number of unbranched alkanes of at least 4 members (excludes halogenated alkanes) is 6. The maximum Gasteiger partial charge on any atom is 0.425 e. The molecule has 0 aliphatic rings. The summed E-state index contributed by atoms with van der Waals surface area (Å²) in [6.45, 7) is 4.22. The van der Waals surface area contributed by atoms with Crippen molar-refractivity contribution in [1.29, 1.82) is 0 Å². The molecule has 3 heteroatoms. The van der Waals surface area contributed by atoms with Crippen LogP contribution in [0.25, 0.3) is 0 Å². The highest BCUT2D eigenvalue weighted by Gasteiger charge is 2.33. The zero-order valence-electron chi connectivity index (χ0n) is 10.3. The lowest BCUT2D eigenvalue weighted by Crippen LogP contribution is -2.21. The Bertz CT molecular complexity index is 124. The second-order valence-electron chi connectivity index (χ2n) is 4.48. The van der Waals surface area contributed by atoms with Crippen LogP contribution in [-0.4, -0.2) is 8.74 Å². The van der Waals surface area contributed by atoms with Gasteiger partial charge in [0.15, 0.2) is 0 Å². The van der Waals surface area contributed by atoms with Gasteiger partial charge >= 0.3 is 8.74 Å². The Morgan fingerprint density at radius 3 is 1.40 bits per heavy atom. The minimum absolute atomic E-state index is 0.235. The van der Waals surface area contributed by atoms with E-state index in [1.807, 2.05) is 0 Å². The van der Waals surface area contributed by atoms with Crippen LogP contribution in [-0.2, 0) is 0 Å². The molecule has 0 aromatic heterocycles. The van der Waals surface area contributed by atoms with E-state index in [0.717, 1.165) is 51.4 Å². The second kappa shape index (κ2) is 9.31. The molecule has 0 radical (unpaired) electrons. The zero-order chi connectivity index (χ0) is 11.6. The third-order valence-corrected chi connectivity index (χ3v) is 4.96. The number of hydrogen-bond acceptors (Lipinski definition) is 0. The largest absolute Gasteiger partial charge is 0.425 e. The topological polar surface area (TPSA) is 0 Å². The summed E-state index contributed by atoms with van der Waals surface area (Å²) in [5.41, 5.74) is 0. The van der Waals surface area contributed by atoms with Gasteiger partial charge in [0.25, 0.3) is 0 Å². The van der Waals surface area contributed by atoms with E-state index < -0.39 is 8.74 Å². The van der Waals surface area contributed by atoms with Crippen LogP contribution >= 0.6 is 0 Å². The number of hydrogen-bond donors (Lipinski definition) is 0. The fourth-order valence-corrected chi connectivity index (χ4v) is 3.53. The minimum atomic E-state index is -3.80. The quantitative estimate of drug-likeness (QED) is 0.266. The predicted molar refractivity (Wildman–Crippen MR) is 65.9 cm³/mol. The van der Waals surface area contributed by atoms with Gasteiger partial charge in [-0.1, -0.05) is 65.2 Å². The van der Waals surface area contributed by atoms with Crippen molar-refractivity contribution in [3.63, 3.8) is 0 Å². The van der Waals surface area contributed by atoms with Crippen LogP contribution in [0, 0.1) is 0 Å². The third kappa shape index (κ3) is 10.4. The van der Waals surface area contributed by atoms with Gasteiger partial charge in [0.1, 0.15) is 0 Å². The lowest BCUT2D eigenvalue weighted by atomic mass is 10.2. The van der Waals surface area contributed by atoms with Crippen LogP contribution < -0.4 is 0 Å². The van der Waals surface area contributed by atoms with Gasteiger partial charge in [-0.05, 0) is 12.1 Å². The van der Waals surface area contributed by atoms with Crippen molar-refractivity contribution in [2.24, 2.45) is 0 Å². The summed E-state index contributed by atoms with van der Waals surface area (Å²) in [4.78, 5) is 0. The van der Waals surface area contributed by atoms with E-state index in [1.54, 1.807) is 0 Å². The molecule has 0 aliphatic carbocycles. The first-order chi connectivity index (χ1) is 7.12. The van der Waals surface area contributed by atoms with E-state index in [2.05, 4.69) is 13.8 Å². The first-order valence-electron chi connectivity index (χ1n) is 6.50. The molecular formula is C12H26F2Si. The summed E-state index contributed by atoms with van der Waals surface area (Å²) >= 11 is 0. The van der Waals surface area contributed by atoms with Crippen LogP contribution in [0.5, 0.6) is 0 Å². The molecule has 92 valence electrons. The normalized spacial score (nSPS) is 12.0. The van der Waals surface area contributed by atoms with Gasteiger partial charge in [0, 0.05) is 0 Å². The summed E-state index contributed by atoms with van der Waals surface area (Å²) < 4.78 is 26.8. The van der Waals surface area contributed by atoms with Gasteiger partial charge < -0.3 is 0 Å². The average Bonchev–Trinajstić information content (AvgIpc) is 2.20. The Labute approximate surface area is 94.8 Å². The lowest BCUT2D eigenvalue weighted by Gasteiger charge is -2.12. The molecule has 0 fully saturated rings. The minimum Gasteiger partial charge on any atom is -0.270 e. The van der Waals surface area contributed by atoms with Gasteiger partial charge in [0.05, 0.1) is 0 Å². The molecular weight excluding hydrogens is 210 g/mol. The smallest absolute Gasteiger partial charge is 0.270 e. The molecule has 15 heavy (non-hydrogen) atoms. The Morgan fingerprint density at radius 1 is 0.667 bits per heavy atom. The van der Waals surface area contributed by atoms with E-state index in [1.165, 1.54) is 0 Å². The number of halogens is 2. The standard InChI is InChI=1S/C12H26F2Si/c1-3-5-7-9-11-15(13,14)12-10-8-6-4-2/h3-12H2,1-2H3. The Kier molecular flexibility index (Phi) is 9.36. The molecule has 0 N–H and O–H groups in total. The van der Waals surface area contributed by atoms with Crippen LogP contribution in [0.4, 0.5) is 8.22 Å². The maximum absolute atomic E-state index is 13.4. The molecule has 0 nitrogen and oxygen atoms in total. The summed E-state index contributed by atoms with van der Waals surface area (Å²) in [6, 6.07) is 0.470. The molecule has 0 amide bonds. The van der Waals surface area contributed by atoms with Gasteiger partial charge in [-0.15, -0.1) is 0 Å². The molecule has 0 aromatic rings. The van der Waals surface area contributed by atoms with Crippen LogP contribution in [0.1, 0.15) is 65.2 Å². The summed E-state index contributed by atoms with van der Waals surface area (Å²) in [6.07, 6.45) is 7.97. The monoisotopic (exact) mass is 236 g/mol. The summed E-state index contributed by atoms with van der Waals surface area (Å²) in [5.74, 6) is 0. The lowest BCUT2D eigenvalue weighted by molar-refractivity contribution is 0.550. The van der Waals surface area contributed by atoms with Crippen molar-refractivity contribution in [2.45, 2.75) is 77.3 Å². The van der Waals surface area contributed by atoms with Gasteiger partial charge in [0.2, 0.25) is 0 Å². The van der Waals surface area contributed by atoms with E-state index >= 15 is 0 Å². The fourth-order valence-electron chi connectivity index (χ4n) is 1.75.